The van der Waals surface area contributed by atoms with E-state index in [-0.39, 0.29) is 5.69 Å². The van der Waals surface area contributed by atoms with Gasteiger partial charge in [-0.2, -0.15) is 0 Å². The van der Waals surface area contributed by atoms with Gasteiger partial charge in [0.1, 0.15) is 10.8 Å². The number of anilines is 1. The van der Waals surface area contributed by atoms with Crippen LogP contribution in [0.2, 0.25) is 0 Å². The summed E-state index contributed by atoms with van der Waals surface area (Å²) in [4.78, 5) is 16.2. The highest BCUT2D eigenvalue weighted by atomic mass is 32.1. The predicted molar refractivity (Wildman–Crippen MR) is 64.7 cm³/mol. The number of aryl methyl sites for hydroxylation is 1. The molecule has 0 radical (unpaired) electrons. The minimum absolute atomic E-state index is 0.153. The van der Waals surface area contributed by atoms with Gasteiger partial charge in [0.2, 0.25) is 0 Å². The van der Waals surface area contributed by atoms with Gasteiger partial charge in [-0.15, -0.1) is 21.5 Å². The van der Waals surface area contributed by atoms with Crippen LogP contribution in [0.1, 0.15) is 20.4 Å². The van der Waals surface area contributed by atoms with Crippen LogP contribution in [-0.2, 0) is 6.54 Å². The number of hydrogen-bond acceptors (Lipinski definition) is 6. The zero-order valence-corrected chi connectivity index (χ0v) is 9.99. The van der Waals surface area contributed by atoms with Gasteiger partial charge in [-0.05, 0) is 19.1 Å². The van der Waals surface area contributed by atoms with Crippen LogP contribution in [0.5, 0.6) is 0 Å². The molecule has 0 spiro atoms. The summed E-state index contributed by atoms with van der Waals surface area (Å²) in [5, 5.41) is 11.6. The third-order valence-corrected chi connectivity index (χ3v) is 2.92. The molecule has 2 aromatic heterocycles. The van der Waals surface area contributed by atoms with Crippen molar-refractivity contribution in [1.29, 1.82) is 0 Å². The van der Waals surface area contributed by atoms with Crippen LogP contribution in [-0.4, -0.2) is 21.1 Å². The summed E-state index contributed by atoms with van der Waals surface area (Å²) < 4.78 is 0. The standard InChI is InChI=1S/C10H11N5OS/c1-6-4-13-9(17-6)5-12-8-3-2-7(10(11)16)14-15-8/h2-4H,5H2,1H3,(H2,11,16)(H,12,15). The molecule has 2 heterocycles. The number of primary amides is 1. The lowest BCUT2D eigenvalue weighted by Gasteiger charge is -2.02. The summed E-state index contributed by atoms with van der Waals surface area (Å²) in [5.74, 6) is 0.00227. The van der Waals surface area contributed by atoms with E-state index in [2.05, 4.69) is 20.5 Å². The zero-order valence-electron chi connectivity index (χ0n) is 9.17. The fourth-order valence-corrected chi connectivity index (χ4v) is 1.93. The van der Waals surface area contributed by atoms with Crippen molar-refractivity contribution in [2.45, 2.75) is 13.5 Å². The Bertz CT molecular complexity index is 522. The van der Waals surface area contributed by atoms with Crippen molar-refractivity contribution in [2.24, 2.45) is 5.73 Å². The molecule has 2 rings (SSSR count). The Kier molecular flexibility index (Phi) is 3.29. The number of amides is 1. The summed E-state index contributed by atoms with van der Waals surface area (Å²) in [6, 6.07) is 3.19. The van der Waals surface area contributed by atoms with Crippen molar-refractivity contribution in [3.05, 3.63) is 33.9 Å². The molecule has 0 aliphatic heterocycles. The van der Waals surface area contributed by atoms with E-state index >= 15 is 0 Å². The number of nitrogens with two attached hydrogens (primary N) is 1. The molecule has 0 saturated heterocycles. The summed E-state index contributed by atoms with van der Waals surface area (Å²) in [5.41, 5.74) is 5.21. The van der Waals surface area contributed by atoms with Crippen LogP contribution < -0.4 is 11.1 Å². The lowest BCUT2D eigenvalue weighted by Crippen LogP contribution is -2.14. The first-order valence-electron chi connectivity index (χ1n) is 4.94. The summed E-state index contributed by atoms with van der Waals surface area (Å²) in [6.07, 6.45) is 1.82. The summed E-state index contributed by atoms with van der Waals surface area (Å²) >= 11 is 1.62. The Morgan fingerprint density at radius 3 is 2.82 bits per heavy atom. The molecule has 0 fully saturated rings. The Labute approximate surface area is 102 Å². The van der Waals surface area contributed by atoms with E-state index in [1.807, 2.05) is 13.1 Å². The second-order valence-electron chi connectivity index (χ2n) is 3.39. The molecular formula is C10H11N5OS. The number of nitrogens with zero attached hydrogens (tertiary/aromatic N) is 3. The van der Waals surface area contributed by atoms with Crippen molar-refractivity contribution >= 4 is 23.1 Å². The zero-order chi connectivity index (χ0) is 12.3. The van der Waals surface area contributed by atoms with Crippen molar-refractivity contribution in [3.63, 3.8) is 0 Å². The normalized spacial score (nSPS) is 10.2. The number of aromatic nitrogens is 3. The molecule has 0 unspecified atom stereocenters. The number of carbonyl (C=O) groups is 1. The fraction of sp³-hybridized carbons (Fsp3) is 0.200. The topological polar surface area (TPSA) is 93.8 Å². The third kappa shape index (κ3) is 2.97. The van der Waals surface area contributed by atoms with Crippen molar-refractivity contribution in [1.82, 2.24) is 15.2 Å². The van der Waals surface area contributed by atoms with Gasteiger partial charge in [-0.25, -0.2) is 4.98 Å². The largest absolute Gasteiger partial charge is 0.364 e. The Morgan fingerprint density at radius 1 is 1.47 bits per heavy atom. The fourth-order valence-electron chi connectivity index (χ4n) is 1.21. The van der Waals surface area contributed by atoms with Gasteiger partial charge in [-0.1, -0.05) is 0 Å². The number of carbonyl (C=O) groups excluding carboxylic acids is 1. The SMILES string of the molecule is Cc1cnc(CNc2ccc(C(N)=O)nn2)s1. The summed E-state index contributed by atoms with van der Waals surface area (Å²) in [7, 11) is 0. The minimum atomic E-state index is -0.584. The maximum absolute atomic E-state index is 10.8. The smallest absolute Gasteiger partial charge is 0.269 e. The monoisotopic (exact) mass is 249 g/mol. The van der Waals surface area contributed by atoms with Gasteiger partial charge < -0.3 is 11.1 Å². The van der Waals surface area contributed by atoms with Gasteiger partial charge in [-0.3, -0.25) is 4.79 Å². The Balaban J connectivity index is 1.97. The van der Waals surface area contributed by atoms with Crippen molar-refractivity contribution in [2.75, 3.05) is 5.32 Å². The number of nitrogens with one attached hydrogen (secondary N) is 1. The molecule has 0 aromatic carbocycles. The molecule has 1 amide bonds. The molecular weight excluding hydrogens is 238 g/mol. The van der Waals surface area contributed by atoms with Crippen molar-refractivity contribution in [3.8, 4) is 0 Å². The van der Waals surface area contributed by atoms with Gasteiger partial charge in [0.15, 0.2) is 5.69 Å². The van der Waals surface area contributed by atoms with E-state index < -0.39 is 5.91 Å². The van der Waals surface area contributed by atoms with Crippen LogP contribution in [0.25, 0.3) is 0 Å². The highest BCUT2D eigenvalue weighted by molar-refractivity contribution is 7.11. The van der Waals surface area contributed by atoms with E-state index in [9.17, 15) is 4.79 Å². The molecule has 17 heavy (non-hydrogen) atoms. The molecule has 7 heteroatoms. The van der Waals surface area contributed by atoms with Gasteiger partial charge in [0, 0.05) is 11.1 Å². The van der Waals surface area contributed by atoms with E-state index in [0.717, 1.165) is 9.88 Å². The molecule has 0 aliphatic carbocycles. The van der Waals surface area contributed by atoms with Crippen LogP contribution in [0.4, 0.5) is 5.82 Å². The maximum atomic E-state index is 10.8. The Hall–Kier alpha value is -2.02. The highest BCUT2D eigenvalue weighted by Gasteiger charge is 2.03. The number of hydrogen-bond donors (Lipinski definition) is 2. The molecule has 0 saturated carbocycles. The highest BCUT2D eigenvalue weighted by Crippen LogP contribution is 2.12. The molecule has 0 bridgehead atoms. The second kappa shape index (κ2) is 4.88. The quantitative estimate of drug-likeness (QED) is 0.841. The lowest BCUT2D eigenvalue weighted by molar-refractivity contribution is 0.0994. The average Bonchev–Trinajstić information content (AvgIpc) is 2.73. The van der Waals surface area contributed by atoms with E-state index in [1.54, 1.807) is 17.4 Å². The first-order chi connectivity index (χ1) is 8.15. The Morgan fingerprint density at radius 2 is 2.29 bits per heavy atom. The first kappa shape index (κ1) is 11.5. The second-order valence-corrected chi connectivity index (χ2v) is 4.71. The summed E-state index contributed by atoms with van der Waals surface area (Å²) in [6.45, 7) is 2.59. The predicted octanol–water partition coefficient (Wildman–Crippen LogP) is 0.953. The average molecular weight is 249 g/mol. The van der Waals surface area contributed by atoms with Crippen LogP contribution in [0, 0.1) is 6.92 Å². The molecule has 88 valence electrons. The molecule has 2 aromatic rings. The minimum Gasteiger partial charge on any atom is -0.364 e. The van der Waals surface area contributed by atoms with E-state index in [1.165, 1.54) is 6.07 Å². The number of rotatable bonds is 4. The van der Waals surface area contributed by atoms with Crippen LogP contribution in [0.15, 0.2) is 18.3 Å². The molecule has 0 aliphatic rings. The van der Waals surface area contributed by atoms with Gasteiger partial charge in [0.05, 0.1) is 6.54 Å². The van der Waals surface area contributed by atoms with Crippen molar-refractivity contribution < 1.29 is 4.79 Å². The van der Waals surface area contributed by atoms with Gasteiger partial charge in [0.25, 0.3) is 5.91 Å². The molecule has 6 nitrogen and oxygen atoms in total. The van der Waals surface area contributed by atoms with E-state index in [0.29, 0.717) is 12.4 Å². The lowest BCUT2D eigenvalue weighted by atomic mass is 10.4. The van der Waals surface area contributed by atoms with Crippen LogP contribution in [0.3, 0.4) is 0 Å². The van der Waals surface area contributed by atoms with Crippen LogP contribution >= 0.6 is 11.3 Å². The van der Waals surface area contributed by atoms with E-state index in [4.69, 9.17) is 5.73 Å². The molecule has 3 N–H and O–H groups in total. The first-order valence-corrected chi connectivity index (χ1v) is 5.75. The molecule has 0 atom stereocenters. The maximum Gasteiger partial charge on any atom is 0.269 e. The number of thiazole rings is 1. The van der Waals surface area contributed by atoms with Gasteiger partial charge >= 0.3 is 0 Å². The third-order valence-electron chi connectivity index (χ3n) is 2.01.